The third-order valence-corrected chi connectivity index (χ3v) is 7.12. The molecule has 15 heteroatoms. The third-order valence-electron chi connectivity index (χ3n) is 6.33. The van der Waals surface area contributed by atoms with Crippen molar-refractivity contribution in [3.63, 3.8) is 0 Å². The molecular formula is C21H23F2N4O8P. The summed E-state index contributed by atoms with van der Waals surface area (Å²) in [7, 11) is -2.98. The quantitative estimate of drug-likeness (QED) is 0.381. The van der Waals surface area contributed by atoms with Gasteiger partial charge in [-0.2, -0.15) is 0 Å². The molecule has 4 rings (SSSR count). The number of aromatic nitrogens is 1. The van der Waals surface area contributed by atoms with Crippen molar-refractivity contribution in [3.8, 4) is 5.75 Å². The van der Waals surface area contributed by atoms with Crippen LogP contribution in [-0.2, 0) is 15.8 Å². The van der Waals surface area contributed by atoms with Gasteiger partial charge in [-0.1, -0.05) is 6.07 Å². The van der Waals surface area contributed by atoms with Crippen LogP contribution in [0.3, 0.4) is 0 Å². The van der Waals surface area contributed by atoms with Crippen molar-refractivity contribution < 1.29 is 42.6 Å². The molecule has 1 aromatic carbocycles. The SMILES string of the molecule is CN1n2cc(C(=O)NCc3ccc(F)cc3F)c(=O)c(O)c2C(=O)N(CCP(=O)(O)O)C12CCOC2. The molecule has 4 N–H and O–H groups in total. The lowest BCUT2D eigenvalue weighted by Gasteiger charge is -2.51. The monoisotopic (exact) mass is 528 g/mol. The van der Waals surface area contributed by atoms with Gasteiger partial charge in [-0.15, -0.1) is 0 Å². The van der Waals surface area contributed by atoms with E-state index in [1.54, 1.807) is 0 Å². The predicted molar refractivity (Wildman–Crippen MR) is 120 cm³/mol. The number of carbonyl (C=O) groups excluding carboxylic acids is 2. The number of nitrogens with one attached hydrogen (secondary N) is 1. The molecule has 1 spiro atoms. The van der Waals surface area contributed by atoms with E-state index in [9.17, 15) is 42.6 Å². The van der Waals surface area contributed by atoms with E-state index in [-0.39, 0.29) is 38.3 Å². The fourth-order valence-electron chi connectivity index (χ4n) is 4.37. The topological polar surface area (TPSA) is 162 Å². The first-order valence-electron chi connectivity index (χ1n) is 10.7. The lowest BCUT2D eigenvalue weighted by molar-refractivity contribution is 0.0245. The van der Waals surface area contributed by atoms with Gasteiger partial charge >= 0.3 is 7.60 Å². The summed E-state index contributed by atoms with van der Waals surface area (Å²) in [5, 5.41) is 14.4. The minimum absolute atomic E-state index is 0.0336. The number of hydrogen-bond acceptors (Lipinski definition) is 7. The normalized spacial score (nSPS) is 19.6. The standard InChI is InChI=1S/C21H23F2N4O8P/c1-25-21(4-6-35-11-21)26(5-7-36(32,33)34)20(31)16-18(29)17(28)14(10-27(16)25)19(30)24-9-12-2-3-13(22)8-15(12)23/h2-3,8,10,29H,4-7,9,11H2,1H3,(H,24,30)(H2,32,33,34). The number of carbonyl (C=O) groups is 2. The Morgan fingerprint density at radius 1 is 1.28 bits per heavy atom. The minimum atomic E-state index is -4.49. The molecule has 194 valence electrons. The van der Waals surface area contributed by atoms with Crippen LogP contribution in [0, 0.1) is 11.6 Å². The minimum Gasteiger partial charge on any atom is -0.502 e. The zero-order valence-electron chi connectivity index (χ0n) is 19.0. The molecule has 2 aromatic rings. The van der Waals surface area contributed by atoms with E-state index in [0.717, 1.165) is 27.9 Å². The zero-order chi connectivity index (χ0) is 26.4. The second-order valence-electron chi connectivity index (χ2n) is 8.49. The molecule has 1 aromatic heterocycles. The van der Waals surface area contributed by atoms with Crippen molar-refractivity contribution >= 4 is 19.4 Å². The number of fused-ring (bicyclic) bond motifs is 1. The number of hydrogen-bond donors (Lipinski definition) is 4. The fraction of sp³-hybridized carbons (Fsp3) is 0.381. The van der Waals surface area contributed by atoms with Gasteiger partial charge in [0.2, 0.25) is 5.43 Å². The number of halogens is 2. The first-order valence-corrected chi connectivity index (χ1v) is 12.5. The van der Waals surface area contributed by atoms with E-state index in [2.05, 4.69) is 5.32 Å². The summed E-state index contributed by atoms with van der Waals surface area (Å²) < 4.78 is 45.1. The van der Waals surface area contributed by atoms with Crippen molar-refractivity contribution in [2.75, 3.05) is 38.0 Å². The molecule has 2 aliphatic heterocycles. The van der Waals surface area contributed by atoms with Crippen molar-refractivity contribution in [2.24, 2.45) is 0 Å². The Morgan fingerprint density at radius 2 is 2.00 bits per heavy atom. The maximum absolute atomic E-state index is 13.9. The van der Waals surface area contributed by atoms with E-state index >= 15 is 0 Å². The number of nitrogens with zero attached hydrogens (tertiary/aromatic N) is 3. The van der Waals surface area contributed by atoms with Crippen LogP contribution in [-0.4, -0.2) is 74.9 Å². The first kappa shape index (κ1) is 25.8. The molecule has 36 heavy (non-hydrogen) atoms. The summed E-state index contributed by atoms with van der Waals surface area (Å²) in [5.41, 5.74) is -3.45. The van der Waals surface area contributed by atoms with Gasteiger partial charge in [0.15, 0.2) is 17.1 Å². The molecular weight excluding hydrogens is 505 g/mol. The summed E-state index contributed by atoms with van der Waals surface area (Å²) in [5.74, 6) is -4.59. The Morgan fingerprint density at radius 3 is 2.61 bits per heavy atom. The molecule has 2 aliphatic rings. The van der Waals surface area contributed by atoms with Gasteiger partial charge in [0, 0.05) is 44.4 Å². The van der Waals surface area contributed by atoms with Gasteiger partial charge in [-0.05, 0) is 6.07 Å². The highest BCUT2D eigenvalue weighted by Gasteiger charge is 2.52. The average Bonchev–Trinajstić information content (AvgIpc) is 3.28. The molecule has 2 amide bonds. The number of aromatic hydroxyl groups is 1. The van der Waals surface area contributed by atoms with E-state index in [1.165, 1.54) is 12.1 Å². The maximum atomic E-state index is 13.9. The Labute approximate surface area is 202 Å². The Kier molecular flexibility index (Phi) is 6.64. The van der Waals surface area contributed by atoms with Gasteiger partial charge in [-0.3, -0.25) is 28.6 Å². The summed E-state index contributed by atoms with van der Waals surface area (Å²) >= 11 is 0. The van der Waals surface area contributed by atoms with Crippen molar-refractivity contribution in [1.82, 2.24) is 14.9 Å². The molecule has 1 unspecified atom stereocenters. The molecule has 1 saturated heterocycles. The van der Waals surface area contributed by atoms with Crippen molar-refractivity contribution in [3.05, 3.63) is 63.1 Å². The van der Waals surface area contributed by atoms with E-state index in [1.807, 2.05) is 0 Å². The Bertz CT molecular complexity index is 1340. The average molecular weight is 528 g/mol. The number of amides is 2. The number of benzene rings is 1. The number of rotatable bonds is 6. The molecule has 1 atom stereocenters. The highest BCUT2D eigenvalue weighted by molar-refractivity contribution is 7.51. The molecule has 0 saturated carbocycles. The molecule has 0 bridgehead atoms. The first-order chi connectivity index (χ1) is 16.9. The summed E-state index contributed by atoms with van der Waals surface area (Å²) in [4.78, 5) is 58.7. The summed E-state index contributed by atoms with van der Waals surface area (Å²) in [6.07, 6.45) is 0.639. The van der Waals surface area contributed by atoms with Crippen LogP contribution in [0.25, 0.3) is 0 Å². The second kappa shape index (κ2) is 9.28. The summed E-state index contributed by atoms with van der Waals surface area (Å²) in [6, 6.07) is 2.78. The van der Waals surface area contributed by atoms with Crippen LogP contribution < -0.4 is 15.8 Å². The van der Waals surface area contributed by atoms with Gasteiger partial charge < -0.3 is 29.8 Å². The molecule has 12 nitrogen and oxygen atoms in total. The second-order valence-corrected chi connectivity index (χ2v) is 10.3. The lowest BCUT2D eigenvalue weighted by Crippen LogP contribution is -2.70. The molecule has 3 heterocycles. The van der Waals surface area contributed by atoms with E-state index in [4.69, 9.17) is 4.74 Å². The Hall–Kier alpha value is -3.32. The van der Waals surface area contributed by atoms with Gasteiger partial charge in [0.25, 0.3) is 11.8 Å². The van der Waals surface area contributed by atoms with E-state index in [0.29, 0.717) is 6.07 Å². The number of likely N-dealkylation sites (N-methyl/N-ethyl adjacent to an activating group) is 1. The largest absolute Gasteiger partial charge is 0.502 e. The molecule has 0 radical (unpaired) electrons. The summed E-state index contributed by atoms with van der Waals surface area (Å²) in [6.45, 7) is -0.568. The zero-order valence-corrected chi connectivity index (χ0v) is 19.9. The van der Waals surface area contributed by atoms with E-state index < -0.39 is 65.3 Å². The van der Waals surface area contributed by atoms with Gasteiger partial charge in [0.1, 0.15) is 17.2 Å². The predicted octanol–water partition coefficient (Wildman–Crippen LogP) is 0.0800. The van der Waals surface area contributed by atoms with Crippen LogP contribution in [0.15, 0.2) is 29.2 Å². The lowest BCUT2D eigenvalue weighted by atomic mass is 10.0. The maximum Gasteiger partial charge on any atom is 0.327 e. The van der Waals surface area contributed by atoms with Crippen LogP contribution >= 0.6 is 7.60 Å². The molecule has 1 fully saturated rings. The number of ether oxygens (including phenoxy) is 1. The number of pyridine rings is 1. The van der Waals surface area contributed by atoms with Crippen LogP contribution in [0.1, 0.15) is 32.8 Å². The smallest absolute Gasteiger partial charge is 0.327 e. The van der Waals surface area contributed by atoms with Crippen molar-refractivity contribution in [2.45, 2.75) is 18.6 Å². The van der Waals surface area contributed by atoms with Crippen molar-refractivity contribution in [1.29, 1.82) is 0 Å². The Balaban J connectivity index is 1.71. The highest BCUT2D eigenvalue weighted by Crippen LogP contribution is 2.39. The van der Waals surface area contributed by atoms with Crippen LogP contribution in [0.2, 0.25) is 0 Å². The van der Waals surface area contributed by atoms with Gasteiger partial charge in [-0.25, -0.2) is 8.78 Å². The van der Waals surface area contributed by atoms with Gasteiger partial charge in [0.05, 0.1) is 19.4 Å². The fourth-order valence-corrected chi connectivity index (χ4v) is 4.83. The van der Waals surface area contributed by atoms with Crippen LogP contribution in [0.5, 0.6) is 5.75 Å². The highest BCUT2D eigenvalue weighted by atomic mass is 31.2. The third kappa shape index (κ3) is 4.48. The molecule has 0 aliphatic carbocycles. The van der Waals surface area contributed by atoms with Crippen LogP contribution in [0.4, 0.5) is 8.78 Å².